The summed E-state index contributed by atoms with van der Waals surface area (Å²) in [4.78, 5) is 27.1. The van der Waals surface area contributed by atoms with Gasteiger partial charge in [-0.1, -0.05) is 0 Å². The van der Waals surface area contributed by atoms with E-state index in [-0.39, 0.29) is 11.6 Å². The molecule has 0 saturated heterocycles. The average molecular weight is 304 g/mol. The molecule has 0 aromatic carbocycles. The number of aromatic carboxylic acids is 1. The minimum atomic E-state index is -1.10. The van der Waals surface area contributed by atoms with Crippen molar-refractivity contribution in [2.45, 2.75) is 0 Å². The second kappa shape index (κ2) is 5.03. The van der Waals surface area contributed by atoms with Crippen LogP contribution in [-0.4, -0.2) is 22.0 Å². The van der Waals surface area contributed by atoms with Crippen LogP contribution in [0.2, 0.25) is 0 Å². The number of amides is 1. The van der Waals surface area contributed by atoms with E-state index >= 15 is 0 Å². The number of carbonyl (C=O) groups is 2. The highest BCUT2D eigenvalue weighted by Crippen LogP contribution is 2.30. The minimum Gasteiger partial charge on any atom is -0.477 e. The highest BCUT2D eigenvalue weighted by molar-refractivity contribution is 7.27. The molecule has 20 heavy (non-hydrogen) atoms. The van der Waals surface area contributed by atoms with Crippen molar-refractivity contribution in [3.63, 3.8) is 0 Å². The van der Waals surface area contributed by atoms with Gasteiger partial charge in [0.15, 0.2) is 0 Å². The quantitative estimate of drug-likeness (QED) is 0.778. The maximum absolute atomic E-state index is 12.1. The lowest BCUT2D eigenvalue weighted by Crippen LogP contribution is -2.10. The third-order valence-corrected chi connectivity index (χ3v) is 4.70. The van der Waals surface area contributed by atoms with E-state index < -0.39 is 5.97 Å². The highest BCUT2D eigenvalue weighted by atomic mass is 32.1. The number of rotatable bonds is 3. The van der Waals surface area contributed by atoms with Crippen LogP contribution in [0.15, 0.2) is 35.8 Å². The number of hydrogen-bond acceptors (Lipinski definition) is 5. The van der Waals surface area contributed by atoms with E-state index in [1.807, 2.05) is 17.5 Å². The van der Waals surface area contributed by atoms with Crippen LogP contribution in [0.1, 0.15) is 20.2 Å². The molecule has 0 bridgehead atoms. The van der Waals surface area contributed by atoms with Gasteiger partial charge in [0.25, 0.3) is 5.91 Å². The zero-order valence-electron chi connectivity index (χ0n) is 9.99. The monoisotopic (exact) mass is 304 g/mol. The number of nitrogens with zero attached hydrogens (tertiary/aromatic N) is 1. The van der Waals surface area contributed by atoms with Crippen molar-refractivity contribution in [3.05, 3.63) is 46.4 Å². The Kier molecular flexibility index (Phi) is 3.21. The zero-order valence-corrected chi connectivity index (χ0v) is 11.6. The Bertz CT molecular complexity index is 761. The number of carbonyl (C=O) groups excluding carboxylic acids is 1. The molecule has 0 atom stereocenters. The summed E-state index contributed by atoms with van der Waals surface area (Å²) < 4.78 is 2.17. The molecule has 3 heterocycles. The van der Waals surface area contributed by atoms with Crippen LogP contribution >= 0.6 is 22.7 Å². The Morgan fingerprint density at radius 3 is 2.70 bits per heavy atom. The van der Waals surface area contributed by atoms with Crippen LogP contribution in [-0.2, 0) is 0 Å². The Morgan fingerprint density at radius 2 is 2.05 bits per heavy atom. The number of carboxylic acids is 1. The molecule has 3 aromatic rings. The Hall–Kier alpha value is -2.25. The van der Waals surface area contributed by atoms with E-state index in [2.05, 4.69) is 10.3 Å². The van der Waals surface area contributed by atoms with Crippen LogP contribution in [0.4, 0.5) is 5.69 Å². The lowest BCUT2D eigenvalue weighted by atomic mass is 10.3. The standard InChI is InChI=1S/C13H8N2O3S2/c16-12(11-5-10-9(20-11)3-4-19-10)15-7-1-2-8(13(17)18)14-6-7/h1-6H,(H,15,16)(H,17,18). The Balaban J connectivity index is 1.78. The van der Waals surface area contributed by atoms with Gasteiger partial charge in [0, 0.05) is 9.40 Å². The van der Waals surface area contributed by atoms with Crippen molar-refractivity contribution in [1.29, 1.82) is 0 Å². The van der Waals surface area contributed by atoms with Gasteiger partial charge in [0.1, 0.15) is 5.69 Å². The van der Waals surface area contributed by atoms with Gasteiger partial charge >= 0.3 is 5.97 Å². The normalized spacial score (nSPS) is 10.6. The summed E-state index contributed by atoms with van der Waals surface area (Å²) >= 11 is 3.01. The minimum absolute atomic E-state index is 0.0559. The average Bonchev–Trinajstić information content (AvgIpc) is 2.99. The molecule has 7 heteroatoms. The fraction of sp³-hybridized carbons (Fsp3) is 0. The van der Waals surface area contributed by atoms with Gasteiger partial charge in [-0.25, -0.2) is 9.78 Å². The summed E-state index contributed by atoms with van der Waals surface area (Å²) in [7, 11) is 0. The molecule has 2 N–H and O–H groups in total. The maximum Gasteiger partial charge on any atom is 0.354 e. The molecule has 1 amide bonds. The lowest BCUT2D eigenvalue weighted by Gasteiger charge is -2.02. The molecule has 0 fully saturated rings. The molecular formula is C13H8N2O3S2. The van der Waals surface area contributed by atoms with E-state index in [4.69, 9.17) is 5.11 Å². The molecule has 0 aliphatic rings. The molecule has 0 spiro atoms. The van der Waals surface area contributed by atoms with Gasteiger partial charge in [-0.05, 0) is 29.6 Å². The van der Waals surface area contributed by atoms with Gasteiger partial charge in [-0.2, -0.15) is 0 Å². The summed E-state index contributed by atoms with van der Waals surface area (Å²) in [5, 5.41) is 13.4. The lowest BCUT2D eigenvalue weighted by molar-refractivity contribution is 0.0690. The van der Waals surface area contributed by atoms with Crippen molar-refractivity contribution < 1.29 is 14.7 Å². The van der Waals surface area contributed by atoms with Crippen molar-refractivity contribution in [1.82, 2.24) is 4.98 Å². The molecule has 0 unspecified atom stereocenters. The fourth-order valence-electron chi connectivity index (χ4n) is 1.66. The first-order valence-corrected chi connectivity index (χ1v) is 7.31. The third kappa shape index (κ3) is 2.40. The summed E-state index contributed by atoms with van der Waals surface area (Å²) in [5.74, 6) is -1.32. The van der Waals surface area contributed by atoms with Gasteiger partial charge in [0.05, 0.1) is 16.8 Å². The van der Waals surface area contributed by atoms with E-state index in [0.29, 0.717) is 10.6 Å². The van der Waals surface area contributed by atoms with Crippen molar-refractivity contribution in [2.75, 3.05) is 5.32 Å². The zero-order chi connectivity index (χ0) is 14.1. The molecule has 100 valence electrons. The van der Waals surface area contributed by atoms with Crippen molar-refractivity contribution >= 4 is 49.6 Å². The second-order valence-corrected chi connectivity index (χ2v) is 5.98. The molecular weight excluding hydrogens is 296 g/mol. The Labute approximate surface area is 121 Å². The van der Waals surface area contributed by atoms with E-state index in [9.17, 15) is 9.59 Å². The Morgan fingerprint density at radius 1 is 1.20 bits per heavy atom. The number of pyridine rings is 1. The molecule has 0 radical (unpaired) electrons. The van der Waals surface area contributed by atoms with Crippen LogP contribution in [0.25, 0.3) is 9.40 Å². The first kappa shape index (κ1) is 12.8. The van der Waals surface area contributed by atoms with Gasteiger partial charge in [-0.3, -0.25) is 4.79 Å². The largest absolute Gasteiger partial charge is 0.477 e. The first-order valence-electron chi connectivity index (χ1n) is 5.61. The molecule has 0 aliphatic carbocycles. The number of thiophene rings is 2. The van der Waals surface area contributed by atoms with Gasteiger partial charge < -0.3 is 10.4 Å². The molecule has 3 rings (SSSR count). The smallest absolute Gasteiger partial charge is 0.354 e. The SMILES string of the molecule is O=C(O)c1ccc(NC(=O)c2cc3sccc3s2)cn1. The number of carboxylic acid groups (broad SMARTS) is 1. The topological polar surface area (TPSA) is 79.3 Å². The molecule has 0 aliphatic heterocycles. The summed E-state index contributed by atoms with van der Waals surface area (Å²) in [6, 6.07) is 6.69. The summed E-state index contributed by atoms with van der Waals surface area (Å²) in [6.07, 6.45) is 1.33. The number of hydrogen-bond donors (Lipinski definition) is 2. The van der Waals surface area contributed by atoms with E-state index in [1.54, 1.807) is 11.3 Å². The van der Waals surface area contributed by atoms with E-state index in [0.717, 1.165) is 9.40 Å². The summed E-state index contributed by atoms with van der Waals surface area (Å²) in [5.41, 5.74) is 0.413. The third-order valence-electron chi connectivity index (χ3n) is 2.60. The van der Waals surface area contributed by atoms with Crippen molar-refractivity contribution in [3.8, 4) is 0 Å². The van der Waals surface area contributed by atoms with Crippen molar-refractivity contribution in [2.24, 2.45) is 0 Å². The maximum atomic E-state index is 12.1. The van der Waals surface area contributed by atoms with Crippen LogP contribution < -0.4 is 5.32 Å². The number of fused-ring (bicyclic) bond motifs is 1. The first-order chi connectivity index (χ1) is 9.63. The number of nitrogens with one attached hydrogen (secondary N) is 1. The predicted octanol–water partition coefficient (Wildman–Crippen LogP) is 3.31. The number of aromatic nitrogens is 1. The summed E-state index contributed by atoms with van der Waals surface area (Å²) in [6.45, 7) is 0. The molecule has 3 aromatic heterocycles. The molecule has 5 nitrogen and oxygen atoms in total. The van der Waals surface area contributed by atoms with Crippen LogP contribution in [0.3, 0.4) is 0 Å². The second-order valence-electron chi connectivity index (χ2n) is 3.95. The fourth-order valence-corrected chi connectivity index (χ4v) is 3.67. The van der Waals surface area contributed by atoms with E-state index in [1.165, 1.54) is 29.7 Å². The van der Waals surface area contributed by atoms with Crippen LogP contribution in [0.5, 0.6) is 0 Å². The van der Waals surface area contributed by atoms with Gasteiger partial charge in [0.2, 0.25) is 0 Å². The number of anilines is 1. The molecule has 0 saturated carbocycles. The van der Waals surface area contributed by atoms with Crippen LogP contribution in [0, 0.1) is 0 Å². The highest BCUT2D eigenvalue weighted by Gasteiger charge is 2.12. The predicted molar refractivity (Wildman–Crippen MR) is 78.9 cm³/mol. The van der Waals surface area contributed by atoms with Gasteiger partial charge in [-0.15, -0.1) is 22.7 Å².